The largest absolute Gasteiger partial charge is 0.392 e. The number of halogens is 1. The number of hydrogen-bond donors (Lipinski definition) is 1. The van der Waals surface area contributed by atoms with Crippen molar-refractivity contribution in [3.05, 3.63) is 21.8 Å². The van der Waals surface area contributed by atoms with Crippen LogP contribution in [0.4, 0.5) is 5.69 Å². The molecule has 0 aliphatic heterocycles. The Labute approximate surface area is 104 Å². The van der Waals surface area contributed by atoms with Gasteiger partial charge in [0.05, 0.1) is 19.5 Å². The molecular weight excluding hydrogens is 246 g/mol. The molecular formula is C10H16ClN3O3. The summed E-state index contributed by atoms with van der Waals surface area (Å²) < 4.78 is 11.5. The molecule has 1 aromatic heterocycles. The number of aromatic nitrogens is 2. The third kappa shape index (κ3) is 4.33. The van der Waals surface area contributed by atoms with Crippen LogP contribution < -0.4 is 11.3 Å². The maximum Gasteiger partial charge on any atom is 0.278 e. The molecule has 1 rings (SSSR count). The fourth-order valence-electron chi connectivity index (χ4n) is 1.23. The molecule has 1 aromatic rings. The molecule has 0 atom stereocenters. The Balaban J connectivity index is 2.37. The van der Waals surface area contributed by atoms with Gasteiger partial charge in [-0.05, 0) is 6.42 Å². The second-order valence-electron chi connectivity index (χ2n) is 3.41. The molecule has 6 nitrogen and oxygen atoms in total. The van der Waals surface area contributed by atoms with E-state index in [0.29, 0.717) is 32.8 Å². The van der Waals surface area contributed by atoms with Crippen molar-refractivity contribution in [2.45, 2.75) is 13.0 Å². The van der Waals surface area contributed by atoms with E-state index in [2.05, 4.69) is 4.98 Å². The van der Waals surface area contributed by atoms with E-state index in [9.17, 15) is 4.79 Å². The number of rotatable bonds is 7. The second kappa shape index (κ2) is 7.26. The van der Waals surface area contributed by atoms with Gasteiger partial charge in [-0.1, -0.05) is 11.6 Å². The first-order chi connectivity index (χ1) is 8.16. The van der Waals surface area contributed by atoms with E-state index in [4.69, 9.17) is 26.8 Å². The summed E-state index contributed by atoms with van der Waals surface area (Å²) in [5.74, 6) is 0. The van der Waals surface area contributed by atoms with Crippen molar-refractivity contribution >= 4 is 17.3 Å². The van der Waals surface area contributed by atoms with Crippen LogP contribution in [0.5, 0.6) is 0 Å². The van der Waals surface area contributed by atoms with Crippen molar-refractivity contribution in [3.63, 3.8) is 0 Å². The Hall–Kier alpha value is -1.11. The van der Waals surface area contributed by atoms with Gasteiger partial charge in [0.2, 0.25) is 0 Å². The SMILES string of the molecule is COCCOCCCn1cnc(Cl)c(N)c1=O. The van der Waals surface area contributed by atoms with E-state index >= 15 is 0 Å². The number of nitrogen functional groups attached to an aromatic ring is 1. The summed E-state index contributed by atoms with van der Waals surface area (Å²) in [6.07, 6.45) is 2.09. The average molecular weight is 262 g/mol. The molecule has 0 saturated heterocycles. The Bertz CT molecular complexity index is 408. The standard InChI is InChI=1S/C10H16ClN3O3/c1-16-5-6-17-4-2-3-14-7-13-9(11)8(12)10(14)15/h7H,2-6,12H2,1H3. The zero-order chi connectivity index (χ0) is 12.7. The van der Waals surface area contributed by atoms with E-state index < -0.39 is 0 Å². The highest BCUT2D eigenvalue weighted by Gasteiger charge is 2.05. The molecule has 96 valence electrons. The molecule has 0 saturated carbocycles. The minimum Gasteiger partial charge on any atom is -0.392 e. The van der Waals surface area contributed by atoms with Gasteiger partial charge in [0, 0.05) is 20.3 Å². The van der Waals surface area contributed by atoms with Gasteiger partial charge in [-0.25, -0.2) is 4.98 Å². The molecule has 0 spiro atoms. The maximum absolute atomic E-state index is 11.6. The third-order valence-corrected chi connectivity index (χ3v) is 2.44. The van der Waals surface area contributed by atoms with Crippen molar-refractivity contribution < 1.29 is 9.47 Å². The third-order valence-electron chi connectivity index (χ3n) is 2.14. The van der Waals surface area contributed by atoms with Gasteiger partial charge in [-0.2, -0.15) is 0 Å². The first kappa shape index (κ1) is 14.0. The summed E-state index contributed by atoms with van der Waals surface area (Å²) >= 11 is 5.62. The van der Waals surface area contributed by atoms with Gasteiger partial charge in [0.25, 0.3) is 5.56 Å². The number of aryl methyl sites for hydroxylation is 1. The highest BCUT2D eigenvalue weighted by atomic mass is 35.5. The summed E-state index contributed by atoms with van der Waals surface area (Å²) in [6.45, 7) is 2.17. The summed E-state index contributed by atoms with van der Waals surface area (Å²) in [6, 6.07) is 0. The van der Waals surface area contributed by atoms with Crippen LogP contribution in [-0.4, -0.2) is 36.5 Å². The quantitative estimate of drug-likeness (QED) is 0.572. The summed E-state index contributed by atoms with van der Waals surface area (Å²) in [5, 5.41) is 0.0441. The predicted molar refractivity (Wildman–Crippen MR) is 65.2 cm³/mol. The molecule has 0 aliphatic carbocycles. The number of nitrogens with two attached hydrogens (primary N) is 1. The Kier molecular flexibility index (Phi) is 5.96. The van der Waals surface area contributed by atoms with Gasteiger partial charge in [-0.3, -0.25) is 9.36 Å². The summed E-state index contributed by atoms with van der Waals surface area (Å²) in [5.41, 5.74) is 5.14. The monoisotopic (exact) mass is 261 g/mol. The fraction of sp³-hybridized carbons (Fsp3) is 0.600. The molecule has 17 heavy (non-hydrogen) atoms. The molecule has 0 amide bonds. The number of hydrogen-bond acceptors (Lipinski definition) is 5. The number of ether oxygens (including phenoxy) is 2. The molecule has 0 unspecified atom stereocenters. The molecule has 1 heterocycles. The topological polar surface area (TPSA) is 79.4 Å². The van der Waals surface area contributed by atoms with Gasteiger partial charge in [-0.15, -0.1) is 0 Å². The van der Waals surface area contributed by atoms with Gasteiger partial charge in [0.1, 0.15) is 5.69 Å². The minimum atomic E-state index is -0.318. The van der Waals surface area contributed by atoms with Crippen LogP contribution in [-0.2, 0) is 16.0 Å². The van der Waals surface area contributed by atoms with Crippen LogP contribution in [0.3, 0.4) is 0 Å². The molecule has 0 radical (unpaired) electrons. The first-order valence-corrected chi connectivity index (χ1v) is 5.61. The van der Waals surface area contributed by atoms with Gasteiger partial charge < -0.3 is 15.2 Å². The van der Waals surface area contributed by atoms with E-state index in [0.717, 1.165) is 0 Å². The van der Waals surface area contributed by atoms with E-state index in [1.54, 1.807) is 7.11 Å². The lowest BCUT2D eigenvalue weighted by Gasteiger charge is -2.07. The lowest BCUT2D eigenvalue weighted by Crippen LogP contribution is -2.24. The Morgan fingerprint density at radius 3 is 2.94 bits per heavy atom. The molecule has 0 fully saturated rings. The lowest BCUT2D eigenvalue weighted by molar-refractivity contribution is 0.0679. The molecule has 0 aromatic carbocycles. The molecule has 7 heteroatoms. The average Bonchev–Trinajstić information content (AvgIpc) is 2.33. The molecule has 0 aliphatic rings. The van der Waals surface area contributed by atoms with E-state index in [1.165, 1.54) is 10.9 Å². The molecule has 0 bridgehead atoms. The number of methoxy groups -OCH3 is 1. The first-order valence-electron chi connectivity index (χ1n) is 5.24. The fourth-order valence-corrected chi connectivity index (χ4v) is 1.35. The van der Waals surface area contributed by atoms with Crippen molar-refractivity contribution in [2.75, 3.05) is 32.7 Å². The van der Waals surface area contributed by atoms with Crippen molar-refractivity contribution in [1.29, 1.82) is 0 Å². The highest BCUT2D eigenvalue weighted by Crippen LogP contribution is 2.08. The normalized spacial score (nSPS) is 10.7. The number of nitrogens with zero attached hydrogens (tertiary/aromatic N) is 2. The van der Waals surface area contributed by atoms with Crippen LogP contribution in [0.1, 0.15) is 6.42 Å². The Morgan fingerprint density at radius 2 is 2.24 bits per heavy atom. The predicted octanol–water partition coefficient (Wildman–Crippen LogP) is 0.532. The van der Waals surface area contributed by atoms with Crippen molar-refractivity contribution in [2.24, 2.45) is 0 Å². The smallest absolute Gasteiger partial charge is 0.278 e. The summed E-state index contributed by atoms with van der Waals surface area (Å²) in [4.78, 5) is 15.4. The number of anilines is 1. The maximum atomic E-state index is 11.6. The van der Waals surface area contributed by atoms with Crippen molar-refractivity contribution in [3.8, 4) is 0 Å². The minimum absolute atomic E-state index is 0.0190. The molecule has 2 N–H and O–H groups in total. The van der Waals surface area contributed by atoms with Crippen LogP contribution in [0, 0.1) is 0 Å². The zero-order valence-electron chi connectivity index (χ0n) is 9.69. The van der Waals surface area contributed by atoms with Crippen LogP contribution in [0.15, 0.2) is 11.1 Å². The van der Waals surface area contributed by atoms with Crippen LogP contribution in [0.25, 0.3) is 0 Å². The van der Waals surface area contributed by atoms with E-state index in [1.807, 2.05) is 0 Å². The van der Waals surface area contributed by atoms with Crippen LogP contribution >= 0.6 is 11.6 Å². The van der Waals surface area contributed by atoms with Gasteiger partial charge >= 0.3 is 0 Å². The second-order valence-corrected chi connectivity index (χ2v) is 3.76. The Morgan fingerprint density at radius 1 is 1.47 bits per heavy atom. The highest BCUT2D eigenvalue weighted by molar-refractivity contribution is 6.31. The lowest BCUT2D eigenvalue weighted by atomic mass is 10.4. The van der Waals surface area contributed by atoms with E-state index in [-0.39, 0.29) is 16.4 Å². The van der Waals surface area contributed by atoms with Crippen molar-refractivity contribution in [1.82, 2.24) is 9.55 Å². The van der Waals surface area contributed by atoms with Crippen LogP contribution in [0.2, 0.25) is 5.15 Å². The zero-order valence-corrected chi connectivity index (χ0v) is 10.4. The summed E-state index contributed by atoms with van der Waals surface area (Å²) in [7, 11) is 1.62. The van der Waals surface area contributed by atoms with Gasteiger partial charge in [0.15, 0.2) is 5.15 Å².